The van der Waals surface area contributed by atoms with Crippen molar-refractivity contribution in [3.63, 3.8) is 0 Å². The van der Waals surface area contributed by atoms with Gasteiger partial charge in [0.15, 0.2) is 6.10 Å². The van der Waals surface area contributed by atoms with E-state index in [1.54, 1.807) is 36.4 Å². The quantitative estimate of drug-likeness (QED) is 0.640. The summed E-state index contributed by atoms with van der Waals surface area (Å²) in [5.41, 5.74) is 0.498. The Morgan fingerprint density at radius 1 is 1.14 bits per heavy atom. The zero-order valence-electron chi connectivity index (χ0n) is 15.1. The molecular formula is C20H17ClN2O5. The van der Waals surface area contributed by atoms with Crippen LogP contribution in [-0.4, -0.2) is 30.1 Å². The third-order valence-electron chi connectivity index (χ3n) is 4.04. The predicted molar refractivity (Wildman–Crippen MR) is 106 cm³/mol. The summed E-state index contributed by atoms with van der Waals surface area (Å²) in [6.07, 6.45) is -1.12. The summed E-state index contributed by atoms with van der Waals surface area (Å²) >= 11 is 5.95. The maximum Gasteiger partial charge on any atom is 0.339 e. The molecule has 0 fully saturated rings. The Bertz CT molecular complexity index is 1110. The summed E-state index contributed by atoms with van der Waals surface area (Å²) in [7, 11) is 1.46. The molecule has 0 radical (unpaired) electrons. The van der Waals surface area contributed by atoms with Gasteiger partial charge in [0.25, 0.3) is 5.91 Å². The van der Waals surface area contributed by atoms with Gasteiger partial charge in [0, 0.05) is 22.0 Å². The zero-order chi connectivity index (χ0) is 20.3. The molecule has 1 heterocycles. The van der Waals surface area contributed by atoms with Crippen molar-refractivity contribution in [1.82, 2.24) is 4.98 Å². The molecule has 2 N–H and O–H groups in total. The number of para-hydroxylation sites is 1. The van der Waals surface area contributed by atoms with Gasteiger partial charge in [0.2, 0.25) is 5.56 Å². The zero-order valence-corrected chi connectivity index (χ0v) is 15.9. The van der Waals surface area contributed by atoms with Crippen molar-refractivity contribution >= 4 is 40.1 Å². The van der Waals surface area contributed by atoms with Gasteiger partial charge < -0.3 is 19.8 Å². The summed E-state index contributed by atoms with van der Waals surface area (Å²) in [5, 5.41) is 3.55. The van der Waals surface area contributed by atoms with Crippen molar-refractivity contribution in [2.45, 2.75) is 13.0 Å². The van der Waals surface area contributed by atoms with Crippen molar-refractivity contribution in [1.29, 1.82) is 0 Å². The highest BCUT2D eigenvalue weighted by Gasteiger charge is 2.22. The molecule has 0 saturated carbocycles. The Morgan fingerprint density at radius 3 is 2.64 bits per heavy atom. The third-order valence-corrected chi connectivity index (χ3v) is 4.28. The number of amides is 1. The molecule has 8 heteroatoms. The molecule has 2 aromatic carbocycles. The van der Waals surface area contributed by atoms with E-state index in [-0.39, 0.29) is 5.56 Å². The standard InChI is InChI=1S/C20H17ClN2O5/c1-11(19(25)23-16-9-12(21)7-8-17(16)27-2)28-20(26)14-10-18(24)22-15-6-4-3-5-13(14)15/h3-11H,1-2H3,(H,22,24)(H,23,25). The van der Waals surface area contributed by atoms with Crippen molar-refractivity contribution in [3.8, 4) is 5.75 Å². The van der Waals surface area contributed by atoms with Crippen LogP contribution in [0.2, 0.25) is 5.02 Å². The number of H-pyrrole nitrogens is 1. The molecular weight excluding hydrogens is 384 g/mol. The lowest BCUT2D eigenvalue weighted by atomic mass is 10.1. The summed E-state index contributed by atoms with van der Waals surface area (Å²) in [6.45, 7) is 1.43. The van der Waals surface area contributed by atoms with Crippen molar-refractivity contribution < 1.29 is 19.1 Å². The smallest absolute Gasteiger partial charge is 0.339 e. The average molecular weight is 401 g/mol. The molecule has 28 heavy (non-hydrogen) atoms. The fraction of sp³-hybridized carbons (Fsp3) is 0.150. The number of halogens is 1. The number of pyridine rings is 1. The van der Waals surface area contributed by atoms with Gasteiger partial charge >= 0.3 is 5.97 Å². The van der Waals surface area contributed by atoms with Crippen LogP contribution in [0.4, 0.5) is 5.69 Å². The Labute approximate surface area is 165 Å². The lowest BCUT2D eigenvalue weighted by Gasteiger charge is -2.16. The minimum absolute atomic E-state index is 0.0827. The number of hydrogen-bond acceptors (Lipinski definition) is 5. The fourth-order valence-corrected chi connectivity index (χ4v) is 2.84. The average Bonchev–Trinajstić information content (AvgIpc) is 2.67. The molecule has 0 saturated heterocycles. The molecule has 1 aromatic heterocycles. The Kier molecular flexibility index (Phi) is 5.65. The number of methoxy groups -OCH3 is 1. The highest BCUT2D eigenvalue weighted by Crippen LogP contribution is 2.28. The Hall–Kier alpha value is -3.32. The van der Waals surface area contributed by atoms with Gasteiger partial charge in [-0.1, -0.05) is 29.8 Å². The van der Waals surface area contributed by atoms with Gasteiger partial charge in [-0.25, -0.2) is 4.79 Å². The first-order valence-electron chi connectivity index (χ1n) is 8.36. The van der Waals surface area contributed by atoms with Crippen LogP contribution in [0.5, 0.6) is 5.75 Å². The number of carbonyl (C=O) groups excluding carboxylic acids is 2. The van der Waals surface area contributed by atoms with E-state index >= 15 is 0 Å². The van der Waals surface area contributed by atoms with Crippen LogP contribution >= 0.6 is 11.6 Å². The molecule has 0 bridgehead atoms. The Balaban J connectivity index is 1.79. The number of rotatable bonds is 5. The lowest BCUT2D eigenvalue weighted by Crippen LogP contribution is -2.30. The summed E-state index contributed by atoms with van der Waals surface area (Å²) in [5.74, 6) is -0.928. The minimum Gasteiger partial charge on any atom is -0.495 e. The molecule has 0 spiro atoms. The summed E-state index contributed by atoms with van der Waals surface area (Å²) in [4.78, 5) is 39.4. The number of anilines is 1. The number of hydrogen-bond donors (Lipinski definition) is 2. The van der Waals surface area contributed by atoms with Crippen molar-refractivity contribution in [2.24, 2.45) is 0 Å². The topological polar surface area (TPSA) is 97.5 Å². The van der Waals surface area contributed by atoms with E-state index in [9.17, 15) is 14.4 Å². The van der Waals surface area contributed by atoms with Gasteiger partial charge in [0.1, 0.15) is 5.75 Å². The van der Waals surface area contributed by atoms with E-state index in [2.05, 4.69) is 10.3 Å². The SMILES string of the molecule is COc1ccc(Cl)cc1NC(=O)C(C)OC(=O)c1cc(=O)[nH]c2ccccc12. The maximum absolute atomic E-state index is 12.6. The van der Waals surface area contributed by atoms with Crippen LogP contribution in [0.15, 0.2) is 53.3 Å². The fourth-order valence-electron chi connectivity index (χ4n) is 2.66. The second-order valence-electron chi connectivity index (χ2n) is 5.97. The van der Waals surface area contributed by atoms with E-state index in [4.69, 9.17) is 21.1 Å². The highest BCUT2D eigenvalue weighted by molar-refractivity contribution is 6.31. The molecule has 1 atom stereocenters. The van der Waals surface area contributed by atoms with Crippen LogP contribution < -0.4 is 15.6 Å². The molecule has 144 valence electrons. The molecule has 3 rings (SSSR count). The summed E-state index contributed by atoms with van der Waals surface area (Å²) in [6, 6.07) is 12.7. The highest BCUT2D eigenvalue weighted by atomic mass is 35.5. The predicted octanol–water partition coefficient (Wildman–Crippen LogP) is 3.37. The number of aromatic amines is 1. The first-order chi connectivity index (χ1) is 13.4. The molecule has 0 aliphatic carbocycles. The molecule has 0 aliphatic rings. The maximum atomic E-state index is 12.6. The van der Waals surface area contributed by atoms with Gasteiger partial charge in [-0.3, -0.25) is 9.59 Å². The number of esters is 1. The van der Waals surface area contributed by atoms with E-state index < -0.39 is 23.5 Å². The summed E-state index contributed by atoms with van der Waals surface area (Å²) < 4.78 is 10.4. The minimum atomic E-state index is -1.12. The third kappa shape index (κ3) is 4.15. The monoisotopic (exact) mass is 400 g/mol. The molecule has 3 aromatic rings. The first-order valence-corrected chi connectivity index (χ1v) is 8.74. The molecule has 1 unspecified atom stereocenters. The number of carbonyl (C=O) groups is 2. The number of benzene rings is 2. The van der Waals surface area contributed by atoms with Crippen LogP contribution in [-0.2, 0) is 9.53 Å². The van der Waals surface area contributed by atoms with Crippen LogP contribution in [0.3, 0.4) is 0 Å². The van der Waals surface area contributed by atoms with Gasteiger partial charge in [-0.05, 0) is 31.2 Å². The van der Waals surface area contributed by atoms with Gasteiger partial charge in [0.05, 0.1) is 18.4 Å². The Morgan fingerprint density at radius 2 is 1.89 bits per heavy atom. The van der Waals surface area contributed by atoms with Crippen LogP contribution in [0.25, 0.3) is 10.9 Å². The van der Waals surface area contributed by atoms with Crippen molar-refractivity contribution in [2.75, 3.05) is 12.4 Å². The largest absolute Gasteiger partial charge is 0.495 e. The van der Waals surface area contributed by atoms with Crippen molar-refractivity contribution in [3.05, 3.63) is 69.5 Å². The van der Waals surface area contributed by atoms with E-state index in [1.165, 1.54) is 20.1 Å². The second-order valence-corrected chi connectivity index (χ2v) is 6.41. The van der Waals surface area contributed by atoms with Crippen LogP contribution in [0.1, 0.15) is 17.3 Å². The number of aromatic nitrogens is 1. The van der Waals surface area contributed by atoms with E-state index in [0.717, 1.165) is 6.07 Å². The van der Waals surface area contributed by atoms with Crippen LogP contribution in [0, 0.1) is 0 Å². The van der Waals surface area contributed by atoms with E-state index in [1.807, 2.05) is 0 Å². The van der Waals surface area contributed by atoms with Gasteiger partial charge in [-0.2, -0.15) is 0 Å². The first kappa shape index (κ1) is 19.4. The number of fused-ring (bicyclic) bond motifs is 1. The molecule has 7 nitrogen and oxygen atoms in total. The number of nitrogens with one attached hydrogen (secondary N) is 2. The molecule has 1 amide bonds. The lowest BCUT2D eigenvalue weighted by molar-refractivity contribution is -0.123. The molecule has 0 aliphatic heterocycles. The second kappa shape index (κ2) is 8.14. The number of ether oxygens (including phenoxy) is 2. The van der Waals surface area contributed by atoms with Gasteiger partial charge in [-0.15, -0.1) is 0 Å². The normalized spacial score (nSPS) is 11.7. The van der Waals surface area contributed by atoms with E-state index in [0.29, 0.717) is 27.4 Å².